The highest BCUT2D eigenvalue weighted by atomic mass is 32.1. The van der Waals surface area contributed by atoms with Crippen molar-refractivity contribution in [3.63, 3.8) is 0 Å². The molecule has 1 aromatic heterocycles. The van der Waals surface area contributed by atoms with Crippen molar-refractivity contribution in [3.8, 4) is 0 Å². The van der Waals surface area contributed by atoms with Crippen LogP contribution in [0.1, 0.15) is 66.5 Å². The first-order valence-corrected chi connectivity index (χ1v) is 10.4. The number of rotatable bonds is 5. The number of aryl methyl sites for hydroxylation is 2. The predicted molar refractivity (Wildman–Crippen MR) is 110 cm³/mol. The van der Waals surface area contributed by atoms with Gasteiger partial charge in [0.05, 0.1) is 5.69 Å². The van der Waals surface area contributed by atoms with Gasteiger partial charge in [-0.15, -0.1) is 11.3 Å². The number of nitrogens with one attached hydrogen (secondary N) is 1. The highest BCUT2D eigenvalue weighted by Gasteiger charge is 2.30. The first kappa shape index (κ1) is 19.7. The van der Waals surface area contributed by atoms with Crippen LogP contribution in [0.4, 0.5) is 5.13 Å². The number of anilines is 1. The number of amides is 1. The zero-order valence-electron chi connectivity index (χ0n) is 16.6. The third kappa shape index (κ3) is 5.04. The number of hydrogen-bond donors (Lipinski definition) is 1. The second-order valence-electron chi connectivity index (χ2n) is 8.53. The molecule has 27 heavy (non-hydrogen) atoms. The summed E-state index contributed by atoms with van der Waals surface area (Å²) in [6, 6.07) is 7.46. The summed E-state index contributed by atoms with van der Waals surface area (Å²) in [5.74, 6) is 0.506. The molecule has 1 atom stereocenters. The van der Waals surface area contributed by atoms with Gasteiger partial charge in [0.25, 0.3) is 0 Å². The van der Waals surface area contributed by atoms with Gasteiger partial charge in [-0.3, -0.25) is 9.59 Å². The minimum Gasteiger partial charge on any atom is -0.302 e. The molecule has 1 N–H and O–H groups in total. The highest BCUT2D eigenvalue weighted by molar-refractivity contribution is 7.15. The third-order valence-corrected chi connectivity index (χ3v) is 6.40. The summed E-state index contributed by atoms with van der Waals surface area (Å²) in [6.45, 7) is 8.85. The van der Waals surface area contributed by atoms with Gasteiger partial charge in [0.1, 0.15) is 0 Å². The Labute approximate surface area is 165 Å². The van der Waals surface area contributed by atoms with Crippen LogP contribution in [-0.2, 0) is 17.6 Å². The Hall–Kier alpha value is -2.01. The van der Waals surface area contributed by atoms with Crippen LogP contribution in [0.15, 0.2) is 24.3 Å². The molecule has 4 nitrogen and oxygen atoms in total. The molecule has 144 valence electrons. The van der Waals surface area contributed by atoms with E-state index in [-0.39, 0.29) is 24.5 Å². The summed E-state index contributed by atoms with van der Waals surface area (Å²) >= 11 is 1.59. The normalized spacial score (nSPS) is 16.7. The van der Waals surface area contributed by atoms with Crippen molar-refractivity contribution in [2.75, 3.05) is 5.32 Å². The fourth-order valence-electron chi connectivity index (χ4n) is 3.46. The van der Waals surface area contributed by atoms with Crippen molar-refractivity contribution in [1.29, 1.82) is 0 Å². The first-order chi connectivity index (χ1) is 12.7. The zero-order valence-corrected chi connectivity index (χ0v) is 17.4. The fourth-order valence-corrected chi connectivity index (χ4v) is 4.56. The number of hydrogen-bond acceptors (Lipinski definition) is 4. The number of ketones is 1. The maximum atomic E-state index is 12.2. The molecule has 0 spiro atoms. The predicted octanol–water partition coefficient (Wildman–Crippen LogP) is 5.20. The minimum absolute atomic E-state index is 0.00315. The van der Waals surface area contributed by atoms with Crippen LogP contribution >= 0.6 is 11.3 Å². The molecular formula is C22H28N2O2S. The molecule has 5 heteroatoms. The van der Waals surface area contributed by atoms with Crippen LogP contribution < -0.4 is 5.32 Å². The molecule has 0 saturated heterocycles. The van der Waals surface area contributed by atoms with Gasteiger partial charge >= 0.3 is 0 Å². The van der Waals surface area contributed by atoms with E-state index < -0.39 is 0 Å². The lowest BCUT2D eigenvalue weighted by atomic mass is 9.73. The van der Waals surface area contributed by atoms with Gasteiger partial charge in [0.2, 0.25) is 5.91 Å². The second kappa shape index (κ2) is 7.93. The zero-order chi connectivity index (χ0) is 19.6. The van der Waals surface area contributed by atoms with E-state index in [2.05, 4.69) is 31.1 Å². The van der Waals surface area contributed by atoms with Gasteiger partial charge in [-0.25, -0.2) is 4.98 Å². The standard InChI is InChI=1S/C22H28N2O2S/c1-14-5-7-15(8-6-14)18(25)11-12-20(26)24-21-23-17-10-9-16(22(2,3)4)13-19(17)27-21/h5-8,16H,9-13H2,1-4H3,(H,23,24,26). The molecule has 3 rings (SSSR count). The van der Waals surface area contributed by atoms with Crippen molar-refractivity contribution < 1.29 is 9.59 Å². The molecule has 1 aliphatic rings. The molecular weight excluding hydrogens is 356 g/mol. The van der Waals surface area contributed by atoms with Crippen LogP contribution in [0.2, 0.25) is 0 Å². The van der Waals surface area contributed by atoms with E-state index in [9.17, 15) is 9.59 Å². The van der Waals surface area contributed by atoms with Crippen LogP contribution in [0, 0.1) is 18.3 Å². The molecule has 0 bridgehead atoms. The molecule has 1 amide bonds. The van der Waals surface area contributed by atoms with E-state index in [1.54, 1.807) is 11.3 Å². The van der Waals surface area contributed by atoms with Gasteiger partial charge in [-0.05, 0) is 37.5 Å². The molecule has 1 aromatic carbocycles. The Morgan fingerprint density at radius 1 is 1.19 bits per heavy atom. The van der Waals surface area contributed by atoms with E-state index in [1.807, 2.05) is 31.2 Å². The smallest absolute Gasteiger partial charge is 0.226 e. The molecule has 1 aliphatic carbocycles. The van der Waals surface area contributed by atoms with Crippen LogP contribution in [-0.4, -0.2) is 16.7 Å². The van der Waals surface area contributed by atoms with Crippen molar-refractivity contribution in [3.05, 3.63) is 46.0 Å². The van der Waals surface area contributed by atoms with Crippen LogP contribution in [0.25, 0.3) is 0 Å². The summed E-state index contributed by atoms with van der Waals surface area (Å²) in [7, 11) is 0. The quantitative estimate of drug-likeness (QED) is 0.721. The monoisotopic (exact) mass is 384 g/mol. The minimum atomic E-state index is -0.145. The average molecular weight is 385 g/mol. The largest absolute Gasteiger partial charge is 0.302 e. The van der Waals surface area contributed by atoms with Gasteiger partial charge in [-0.2, -0.15) is 0 Å². The maximum absolute atomic E-state index is 12.2. The summed E-state index contributed by atoms with van der Waals surface area (Å²) in [6.07, 6.45) is 3.57. The Morgan fingerprint density at radius 2 is 1.89 bits per heavy atom. The van der Waals surface area contributed by atoms with Crippen LogP contribution in [0.3, 0.4) is 0 Å². The Morgan fingerprint density at radius 3 is 2.56 bits per heavy atom. The van der Waals surface area contributed by atoms with E-state index in [0.717, 1.165) is 30.5 Å². The lowest BCUT2D eigenvalue weighted by Gasteiger charge is -2.33. The first-order valence-electron chi connectivity index (χ1n) is 9.60. The van der Waals surface area contributed by atoms with Gasteiger partial charge < -0.3 is 5.32 Å². The number of thiazole rings is 1. The molecule has 0 fully saturated rings. The number of fused-ring (bicyclic) bond motifs is 1. The Balaban J connectivity index is 1.54. The summed E-state index contributed by atoms with van der Waals surface area (Å²) in [4.78, 5) is 30.4. The van der Waals surface area contributed by atoms with E-state index in [1.165, 1.54) is 4.88 Å². The maximum Gasteiger partial charge on any atom is 0.226 e. The summed E-state index contributed by atoms with van der Waals surface area (Å²) in [5.41, 5.74) is 3.20. The number of nitrogens with zero attached hydrogens (tertiary/aromatic N) is 1. The van der Waals surface area contributed by atoms with Gasteiger partial charge in [0, 0.05) is 23.3 Å². The SMILES string of the molecule is Cc1ccc(C(=O)CCC(=O)Nc2nc3c(s2)CC(C(C)(C)C)CC3)cc1. The van der Waals surface area contributed by atoms with E-state index in [0.29, 0.717) is 22.0 Å². The van der Waals surface area contributed by atoms with Gasteiger partial charge in [-0.1, -0.05) is 50.6 Å². The molecule has 0 radical (unpaired) electrons. The van der Waals surface area contributed by atoms with Crippen molar-refractivity contribution in [2.45, 2.75) is 59.8 Å². The topological polar surface area (TPSA) is 59.1 Å². The van der Waals surface area contributed by atoms with Gasteiger partial charge in [0.15, 0.2) is 10.9 Å². The molecule has 0 saturated carbocycles. The average Bonchev–Trinajstić information content (AvgIpc) is 3.00. The summed E-state index contributed by atoms with van der Waals surface area (Å²) < 4.78 is 0. The number of carbonyl (C=O) groups excluding carboxylic acids is 2. The fraction of sp³-hybridized carbons (Fsp3) is 0.500. The number of carbonyl (C=O) groups is 2. The lowest BCUT2D eigenvalue weighted by Crippen LogP contribution is -2.26. The molecule has 0 aliphatic heterocycles. The molecule has 1 heterocycles. The number of Topliss-reactive ketones (excluding diaryl/α,β-unsaturated/α-hetero) is 1. The number of aromatic nitrogens is 1. The van der Waals surface area contributed by atoms with Crippen molar-refractivity contribution >= 4 is 28.2 Å². The number of benzene rings is 1. The molecule has 1 unspecified atom stereocenters. The van der Waals surface area contributed by atoms with E-state index >= 15 is 0 Å². The van der Waals surface area contributed by atoms with Crippen molar-refractivity contribution in [2.24, 2.45) is 11.3 Å². The third-order valence-electron chi connectivity index (χ3n) is 5.36. The highest BCUT2D eigenvalue weighted by Crippen LogP contribution is 2.40. The second-order valence-corrected chi connectivity index (χ2v) is 9.62. The Kier molecular flexibility index (Phi) is 5.80. The molecule has 2 aromatic rings. The van der Waals surface area contributed by atoms with Crippen LogP contribution in [0.5, 0.6) is 0 Å². The Bertz CT molecular complexity index is 831. The van der Waals surface area contributed by atoms with Crippen molar-refractivity contribution in [1.82, 2.24) is 4.98 Å². The summed E-state index contributed by atoms with van der Waals surface area (Å²) in [5, 5.41) is 3.55. The lowest BCUT2D eigenvalue weighted by molar-refractivity contribution is -0.116. The van der Waals surface area contributed by atoms with E-state index in [4.69, 9.17) is 0 Å².